The van der Waals surface area contributed by atoms with E-state index in [4.69, 9.17) is 5.26 Å². The quantitative estimate of drug-likeness (QED) is 0.776. The fourth-order valence-corrected chi connectivity index (χ4v) is 2.97. The largest absolute Gasteiger partial charge is 0.314 e. The molecule has 17 heavy (non-hydrogen) atoms. The van der Waals surface area contributed by atoms with E-state index >= 15 is 0 Å². The van der Waals surface area contributed by atoms with Crippen molar-refractivity contribution in [1.82, 2.24) is 10.2 Å². The number of nitrogens with one attached hydrogen (secondary N) is 1. The molecular formula is C14H17N3. The number of nitrogens with zero attached hydrogens (tertiary/aromatic N) is 2. The lowest BCUT2D eigenvalue weighted by molar-refractivity contribution is 0.178. The van der Waals surface area contributed by atoms with Crippen LogP contribution in [0.15, 0.2) is 18.2 Å². The standard InChI is InChI=1S/C14H17N3/c15-10-11-1-2-12-8-14(9-13(12)7-11)17-5-3-16-4-6-17/h1-2,7,14,16H,3-6,8-9H2. The minimum atomic E-state index is 0.654. The normalized spacial score (nSPS) is 24.3. The van der Waals surface area contributed by atoms with Gasteiger partial charge in [-0.15, -0.1) is 0 Å². The second-order valence-electron chi connectivity index (χ2n) is 4.94. The molecule has 1 unspecified atom stereocenters. The van der Waals surface area contributed by atoms with E-state index in [0.717, 1.165) is 44.6 Å². The summed E-state index contributed by atoms with van der Waals surface area (Å²) in [5.41, 5.74) is 3.62. The van der Waals surface area contributed by atoms with E-state index in [0.29, 0.717) is 6.04 Å². The molecule has 0 spiro atoms. The summed E-state index contributed by atoms with van der Waals surface area (Å²) in [5, 5.41) is 12.3. The van der Waals surface area contributed by atoms with Crippen LogP contribution >= 0.6 is 0 Å². The lowest BCUT2D eigenvalue weighted by Gasteiger charge is -2.32. The number of hydrogen-bond donors (Lipinski definition) is 1. The van der Waals surface area contributed by atoms with Crippen molar-refractivity contribution in [3.8, 4) is 6.07 Å². The number of hydrogen-bond acceptors (Lipinski definition) is 3. The first kappa shape index (κ1) is 10.8. The van der Waals surface area contributed by atoms with Crippen LogP contribution in [0.3, 0.4) is 0 Å². The highest BCUT2D eigenvalue weighted by Crippen LogP contribution is 2.26. The van der Waals surface area contributed by atoms with Crippen molar-refractivity contribution in [3.05, 3.63) is 34.9 Å². The Bertz CT molecular complexity index is 455. The summed E-state index contributed by atoms with van der Waals surface area (Å²) in [6.07, 6.45) is 2.27. The Hall–Kier alpha value is -1.37. The third-order valence-electron chi connectivity index (χ3n) is 3.91. The van der Waals surface area contributed by atoms with Crippen LogP contribution in [0.5, 0.6) is 0 Å². The Morgan fingerprint density at radius 1 is 1.18 bits per heavy atom. The molecule has 1 aliphatic carbocycles. The Morgan fingerprint density at radius 3 is 2.71 bits per heavy atom. The molecule has 3 rings (SSSR count). The molecule has 1 aliphatic heterocycles. The first-order valence-corrected chi connectivity index (χ1v) is 6.33. The number of piperazine rings is 1. The average Bonchev–Trinajstić information content (AvgIpc) is 2.82. The fraction of sp³-hybridized carbons (Fsp3) is 0.500. The zero-order valence-corrected chi connectivity index (χ0v) is 9.95. The van der Waals surface area contributed by atoms with E-state index in [1.807, 2.05) is 6.07 Å². The molecule has 0 amide bonds. The van der Waals surface area contributed by atoms with Gasteiger partial charge < -0.3 is 5.32 Å². The van der Waals surface area contributed by atoms with Crippen LogP contribution in [0.2, 0.25) is 0 Å². The van der Waals surface area contributed by atoms with Crippen molar-refractivity contribution in [1.29, 1.82) is 5.26 Å². The first-order valence-electron chi connectivity index (χ1n) is 6.33. The highest BCUT2D eigenvalue weighted by atomic mass is 15.2. The molecule has 0 aromatic heterocycles. The van der Waals surface area contributed by atoms with Gasteiger partial charge in [-0.2, -0.15) is 5.26 Å². The monoisotopic (exact) mass is 227 g/mol. The van der Waals surface area contributed by atoms with Gasteiger partial charge in [0.05, 0.1) is 11.6 Å². The Morgan fingerprint density at radius 2 is 1.94 bits per heavy atom. The maximum Gasteiger partial charge on any atom is 0.0991 e. The van der Waals surface area contributed by atoms with Gasteiger partial charge in [-0.1, -0.05) is 6.07 Å². The van der Waals surface area contributed by atoms with Gasteiger partial charge in [0, 0.05) is 32.2 Å². The molecule has 3 nitrogen and oxygen atoms in total. The third-order valence-corrected chi connectivity index (χ3v) is 3.91. The van der Waals surface area contributed by atoms with Crippen molar-refractivity contribution in [3.63, 3.8) is 0 Å². The molecule has 1 saturated heterocycles. The summed E-state index contributed by atoms with van der Waals surface area (Å²) >= 11 is 0. The van der Waals surface area contributed by atoms with Gasteiger partial charge in [-0.05, 0) is 36.1 Å². The van der Waals surface area contributed by atoms with Crippen LogP contribution in [0.25, 0.3) is 0 Å². The van der Waals surface area contributed by atoms with Gasteiger partial charge in [0.2, 0.25) is 0 Å². The summed E-state index contributed by atoms with van der Waals surface area (Å²) in [4.78, 5) is 2.59. The maximum atomic E-state index is 8.91. The van der Waals surface area contributed by atoms with Crippen LogP contribution in [0.1, 0.15) is 16.7 Å². The minimum Gasteiger partial charge on any atom is -0.314 e. The molecule has 1 fully saturated rings. The number of nitriles is 1. The molecule has 1 atom stereocenters. The van der Waals surface area contributed by atoms with Crippen molar-refractivity contribution in [2.24, 2.45) is 0 Å². The van der Waals surface area contributed by atoms with Gasteiger partial charge in [-0.25, -0.2) is 0 Å². The zero-order valence-electron chi connectivity index (χ0n) is 9.95. The predicted molar refractivity (Wildman–Crippen MR) is 66.8 cm³/mol. The number of benzene rings is 1. The molecule has 0 radical (unpaired) electrons. The SMILES string of the molecule is N#Cc1ccc2c(c1)CC(N1CCNCC1)C2. The van der Waals surface area contributed by atoms with E-state index in [-0.39, 0.29) is 0 Å². The summed E-state index contributed by atoms with van der Waals surface area (Å²) in [5.74, 6) is 0. The van der Waals surface area contributed by atoms with E-state index in [1.165, 1.54) is 11.1 Å². The molecule has 1 aromatic carbocycles. The molecule has 0 saturated carbocycles. The second kappa shape index (κ2) is 4.48. The van der Waals surface area contributed by atoms with Crippen LogP contribution < -0.4 is 5.32 Å². The van der Waals surface area contributed by atoms with E-state index < -0.39 is 0 Å². The molecule has 2 aliphatic rings. The Kier molecular flexibility index (Phi) is 2.84. The first-order chi connectivity index (χ1) is 8.36. The van der Waals surface area contributed by atoms with E-state index in [2.05, 4.69) is 28.4 Å². The van der Waals surface area contributed by atoms with Crippen molar-refractivity contribution >= 4 is 0 Å². The third kappa shape index (κ3) is 2.06. The topological polar surface area (TPSA) is 39.1 Å². The highest BCUT2D eigenvalue weighted by molar-refractivity contribution is 5.41. The molecular weight excluding hydrogens is 210 g/mol. The van der Waals surface area contributed by atoms with Crippen molar-refractivity contribution in [2.45, 2.75) is 18.9 Å². The van der Waals surface area contributed by atoms with Crippen molar-refractivity contribution in [2.75, 3.05) is 26.2 Å². The minimum absolute atomic E-state index is 0.654. The summed E-state index contributed by atoms with van der Waals surface area (Å²) in [7, 11) is 0. The predicted octanol–water partition coefficient (Wildman–Crippen LogP) is 0.931. The summed E-state index contributed by atoms with van der Waals surface area (Å²) in [6, 6.07) is 9.03. The fourth-order valence-electron chi connectivity index (χ4n) is 2.97. The molecule has 1 heterocycles. The second-order valence-corrected chi connectivity index (χ2v) is 4.94. The highest BCUT2D eigenvalue weighted by Gasteiger charge is 2.27. The van der Waals surface area contributed by atoms with Crippen molar-refractivity contribution < 1.29 is 0 Å². The number of rotatable bonds is 1. The summed E-state index contributed by atoms with van der Waals surface area (Å²) in [6.45, 7) is 4.53. The lowest BCUT2D eigenvalue weighted by atomic mass is 10.1. The van der Waals surface area contributed by atoms with Crippen LogP contribution in [-0.2, 0) is 12.8 Å². The van der Waals surface area contributed by atoms with Gasteiger partial charge in [-0.3, -0.25) is 4.90 Å². The van der Waals surface area contributed by atoms with Gasteiger partial charge in [0.15, 0.2) is 0 Å². The van der Waals surface area contributed by atoms with Gasteiger partial charge in [0.25, 0.3) is 0 Å². The maximum absolute atomic E-state index is 8.91. The molecule has 1 N–H and O–H groups in total. The van der Waals surface area contributed by atoms with Crippen LogP contribution in [-0.4, -0.2) is 37.1 Å². The molecule has 88 valence electrons. The molecule has 1 aromatic rings. The molecule has 3 heteroatoms. The Balaban J connectivity index is 1.76. The van der Waals surface area contributed by atoms with Gasteiger partial charge >= 0.3 is 0 Å². The van der Waals surface area contributed by atoms with E-state index in [1.54, 1.807) is 0 Å². The smallest absolute Gasteiger partial charge is 0.0991 e. The molecule has 0 bridgehead atoms. The van der Waals surface area contributed by atoms with Gasteiger partial charge in [0.1, 0.15) is 0 Å². The lowest BCUT2D eigenvalue weighted by Crippen LogP contribution is -2.48. The summed E-state index contributed by atoms with van der Waals surface area (Å²) < 4.78 is 0. The van der Waals surface area contributed by atoms with Crippen LogP contribution in [0, 0.1) is 11.3 Å². The number of fused-ring (bicyclic) bond motifs is 1. The zero-order chi connectivity index (χ0) is 11.7. The Labute approximate surface area is 102 Å². The van der Waals surface area contributed by atoms with Crippen LogP contribution in [0.4, 0.5) is 0 Å². The van der Waals surface area contributed by atoms with E-state index in [9.17, 15) is 0 Å². The average molecular weight is 227 g/mol.